The Morgan fingerprint density at radius 3 is 2.28 bits per heavy atom. The largest absolute Gasteiger partial charge is 0.313 e. The van der Waals surface area contributed by atoms with Gasteiger partial charge in [-0.1, -0.05) is 19.1 Å². The Hall–Kier alpha value is -1.88. The van der Waals surface area contributed by atoms with Crippen LogP contribution >= 0.6 is 0 Å². The smallest absolute Gasteiger partial charge is 0.262 e. The summed E-state index contributed by atoms with van der Waals surface area (Å²) in [5.41, 5.74) is 2.80. The van der Waals surface area contributed by atoms with E-state index in [0.29, 0.717) is 5.62 Å². The summed E-state index contributed by atoms with van der Waals surface area (Å²) in [5, 5.41) is 2.98. The van der Waals surface area contributed by atoms with Crippen molar-refractivity contribution in [3.05, 3.63) is 29.9 Å². The molecule has 1 amide bonds. The van der Waals surface area contributed by atoms with Gasteiger partial charge >= 0.3 is 0 Å². The van der Waals surface area contributed by atoms with Crippen LogP contribution < -0.4 is 10.9 Å². The van der Waals surface area contributed by atoms with E-state index in [1.165, 1.54) is 0 Å². The zero-order valence-electron chi connectivity index (χ0n) is 11.0. The van der Waals surface area contributed by atoms with E-state index in [4.69, 9.17) is 0 Å². The number of fused-ring (bicyclic) bond motifs is 1. The van der Waals surface area contributed by atoms with Crippen molar-refractivity contribution in [1.82, 2.24) is 14.5 Å². The number of carbonyl (C=O) groups excluding carboxylic acids is 1. The normalized spacial score (nSPS) is 10.8. The lowest BCUT2D eigenvalue weighted by Gasteiger charge is -1.97. The summed E-state index contributed by atoms with van der Waals surface area (Å²) in [6.07, 6.45) is 0. The first-order chi connectivity index (χ1) is 8.65. The fourth-order valence-electron chi connectivity index (χ4n) is 2.00. The van der Waals surface area contributed by atoms with Crippen molar-refractivity contribution >= 4 is 16.9 Å². The van der Waals surface area contributed by atoms with Gasteiger partial charge in [0.05, 0.1) is 17.6 Å². The summed E-state index contributed by atoms with van der Waals surface area (Å²) >= 11 is 0. The van der Waals surface area contributed by atoms with Crippen molar-refractivity contribution in [3.8, 4) is 0 Å². The Morgan fingerprint density at radius 1 is 1.22 bits per heavy atom. The molecule has 0 fully saturated rings. The van der Waals surface area contributed by atoms with Gasteiger partial charge in [-0.2, -0.15) is 4.99 Å². The number of carbonyl (C=O) groups is 1. The van der Waals surface area contributed by atoms with Crippen LogP contribution in [0, 0.1) is 0 Å². The maximum atomic E-state index is 11.7. The predicted octanol–water partition coefficient (Wildman–Crippen LogP) is 0.554. The first-order valence-corrected chi connectivity index (χ1v) is 6.04. The number of nitrogens with one attached hydrogen (secondary N) is 1. The number of nitrogens with zero attached hydrogens (tertiary/aromatic N) is 3. The van der Waals surface area contributed by atoms with Crippen molar-refractivity contribution in [2.45, 2.75) is 6.92 Å². The Kier molecular flexibility index (Phi) is 3.62. The average Bonchev–Trinajstić information content (AvgIpc) is 2.62. The third-order valence-electron chi connectivity index (χ3n) is 2.96. The molecule has 0 aliphatic rings. The van der Waals surface area contributed by atoms with Crippen molar-refractivity contribution in [3.63, 3.8) is 0 Å². The lowest BCUT2D eigenvalue weighted by atomic mass is 10.3. The molecule has 0 aliphatic heterocycles. The van der Waals surface area contributed by atoms with Crippen LogP contribution in [-0.4, -0.2) is 28.1 Å². The zero-order chi connectivity index (χ0) is 13.1. The molecule has 0 saturated carbocycles. The summed E-state index contributed by atoms with van der Waals surface area (Å²) in [6, 6.07) is 7.99. The van der Waals surface area contributed by atoms with Gasteiger partial charge in [0, 0.05) is 14.1 Å². The highest BCUT2D eigenvalue weighted by Crippen LogP contribution is 2.09. The Morgan fingerprint density at radius 2 is 1.78 bits per heavy atom. The van der Waals surface area contributed by atoms with E-state index < -0.39 is 0 Å². The lowest BCUT2D eigenvalue weighted by molar-refractivity contribution is -0.117. The molecule has 0 aliphatic carbocycles. The molecule has 0 bridgehead atoms. The minimum Gasteiger partial charge on any atom is -0.313 e. The maximum absolute atomic E-state index is 11.7. The number of amides is 1. The van der Waals surface area contributed by atoms with Crippen molar-refractivity contribution in [2.75, 3.05) is 13.1 Å². The monoisotopic (exact) mass is 246 g/mol. The third kappa shape index (κ3) is 2.22. The molecule has 96 valence electrons. The van der Waals surface area contributed by atoms with E-state index in [0.717, 1.165) is 17.6 Å². The first-order valence-electron chi connectivity index (χ1n) is 6.04. The van der Waals surface area contributed by atoms with Gasteiger partial charge in [0.2, 0.25) is 5.62 Å². The number of aromatic nitrogens is 2. The highest BCUT2D eigenvalue weighted by Gasteiger charge is 2.06. The summed E-state index contributed by atoms with van der Waals surface area (Å²) in [4.78, 5) is 15.9. The highest BCUT2D eigenvalue weighted by atomic mass is 16.1. The first kappa shape index (κ1) is 12.6. The summed E-state index contributed by atoms with van der Waals surface area (Å²) in [7, 11) is 3.84. The van der Waals surface area contributed by atoms with Crippen LogP contribution in [0.4, 0.5) is 0 Å². The van der Waals surface area contributed by atoms with Crippen LogP contribution in [-0.2, 0) is 18.9 Å². The molecule has 0 atom stereocenters. The van der Waals surface area contributed by atoms with E-state index in [1.807, 2.05) is 54.4 Å². The molecular weight excluding hydrogens is 228 g/mol. The van der Waals surface area contributed by atoms with Crippen LogP contribution in [0.1, 0.15) is 6.92 Å². The molecule has 0 unspecified atom stereocenters. The molecule has 1 aromatic carbocycles. The lowest BCUT2D eigenvalue weighted by Crippen LogP contribution is -2.28. The van der Waals surface area contributed by atoms with E-state index in [1.54, 1.807) is 0 Å². The fourth-order valence-corrected chi connectivity index (χ4v) is 2.00. The number of para-hydroxylation sites is 2. The number of aryl methyl sites for hydroxylation is 2. The molecule has 1 heterocycles. The second-order valence-electron chi connectivity index (χ2n) is 4.19. The number of benzene rings is 1. The van der Waals surface area contributed by atoms with E-state index in [2.05, 4.69) is 10.3 Å². The summed E-state index contributed by atoms with van der Waals surface area (Å²) in [6.45, 7) is 3.00. The van der Waals surface area contributed by atoms with Crippen LogP contribution in [0.3, 0.4) is 0 Å². The zero-order valence-corrected chi connectivity index (χ0v) is 11.0. The van der Waals surface area contributed by atoms with Crippen molar-refractivity contribution in [1.29, 1.82) is 0 Å². The predicted molar refractivity (Wildman–Crippen MR) is 71.0 cm³/mol. The number of rotatable bonds is 3. The summed E-state index contributed by atoms with van der Waals surface area (Å²) < 4.78 is 3.86. The Bertz CT molecular complexity index is 594. The van der Waals surface area contributed by atoms with Gasteiger partial charge in [0.25, 0.3) is 5.91 Å². The van der Waals surface area contributed by atoms with Crippen LogP contribution in [0.2, 0.25) is 0 Å². The number of imidazole rings is 1. The van der Waals surface area contributed by atoms with Crippen molar-refractivity contribution in [2.24, 2.45) is 19.1 Å². The van der Waals surface area contributed by atoms with E-state index in [-0.39, 0.29) is 12.5 Å². The highest BCUT2D eigenvalue weighted by molar-refractivity contribution is 5.80. The Labute approximate surface area is 106 Å². The van der Waals surface area contributed by atoms with E-state index >= 15 is 0 Å². The second kappa shape index (κ2) is 5.18. The second-order valence-corrected chi connectivity index (χ2v) is 4.19. The minimum atomic E-state index is -0.154. The third-order valence-corrected chi connectivity index (χ3v) is 2.96. The molecule has 5 heteroatoms. The quantitative estimate of drug-likeness (QED) is 0.860. The molecule has 0 radical (unpaired) electrons. The van der Waals surface area contributed by atoms with Gasteiger partial charge in [-0.15, -0.1) is 0 Å². The van der Waals surface area contributed by atoms with Gasteiger partial charge in [-0.25, -0.2) is 0 Å². The average molecular weight is 246 g/mol. The topological polar surface area (TPSA) is 51.3 Å². The molecule has 18 heavy (non-hydrogen) atoms. The molecule has 0 saturated heterocycles. The molecule has 2 aromatic rings. The maximum Gasteiger partial charge on any atom is 0.262 e. The number of hydrogen-bond acceptors (Lipinski definition) is 2. The van der Waals surface area contributed by atoms with Gasteiger partial charge < -0.3 is 14.5 Å². The number of likely N-dealkylation sites (N-methyl/N-ethyl adjacent to an activating group) is 1. The summed E-state index contributed by atoms with van der Waals surface area (Å²) in [5.74, 6) is -0.154. The molecule has 1 aromatic heterocycles. The SMILES string of the molecule is CCNCC(=O)N=c1n(C)c2ccccc2n1C. The van der Waals surface area contributed by atoms with Gasteiger partial charge in [0.15, 0.2) is 0 Å². The molecule has 1 N–H and O–H groups in total. The van der Waals surface area contributed by atoms with Crippen LogP contribution in [0.25, 0.3) is 11.0 Å². The molecule has 5 nitrogen and oxygen atoms in total. The number of hydrogen-bond donors (Lipinski definition) is 1. The van der Waals surface area contributed by atoms with Gasteiger partial charge in [-0.05, 0) is 18.7 Å². The minimum absolute atomic E-state index is 0.154. The standard InChI is InChI=1S/C13H18N4O/c1-4-14-9-12(18)15-13-16(2)10-7-5-6-8-11(10)17(13)3/h5-8,14H,4,9H2,1-3H3. The fraction of sp³-hybridized carbons (Fsp3) is 0.385. The van der Waals surface area contributed by atoms with Gasteiger partial charge in [0.1, 0.15) is 0 Å². The Balaban J connectivity index is 2.51. The molecule has 2 rings (SSSR count). The van der Waals surface area contributed by atoms with Crippen LogP contribution in [0.15, 0.2) is 29.3 Å². The van der Waals surface area contributed by atoms with Crippen molar-refractivity contribution < 1.29 is 4.79 Å². The van der Waals surface area contributed by atoms with Crippen LogP contribution in [0.5, 0.6) is 0 Å². The molecule has 0 spiro atoms. The molecular formula is C13H18N4O. The van der Waals surface area contributed by atoms with Gasteiger partial charge in [-0.3, -0.25) is 4.79 Å². The van der Waals surface area contributed by atoms with E-state index in [9.17, 15) is 4.79 Å².